The highest BCUT2D eigenvalue weighted by atomic mass is 35.5. The van der Waals surface area contributed by atoms with E-state index >= 15 is 0 Å². The lowest BCUT2D eigenvalue weighted by atomic mass is 10.1. The van der Waals surface area contributed by atoms with E-state index < -0.39 is 17.8 Å². The van der Waals surface area contributed by atoms with Gasteiger partial charge in [-0.1, -0.05) is 54.9 Å². The summed E-state index contributed by atoms with van der Waals surface area (Å²) >= 11 is 5.95. The number of rotatable bonds is 7. The van der Waals surface area contributed by atoms with Crippen molar-refractivity contribution in [1.29, 1.82) is 0 Å². The number of nitrogens with one attached hydrogen (secondary N) is 1. The molecule has 4 aromatic rings. The number of anilines is 1. The molecule has 1 saturated heterocycles. The van der Waals surface area contributed by atoms with Gasteiger partial charge in [0.2, 0.25) is 0 Å². The summed E-state index contributed by atoms with van der Waals surface area (Å²) in [6.07, 6.45) is 3.46. The molecule has 0 radical (unpaired) electrons. The molecule has 186 valence electrons. The summed E-state index contributed by atoms with van der Waals surface area (Å²) in [5, 5.41) is 3.62. The third-order valence-electron chi connectivity index (χ3n) is 6.09. The molecule has 1 aliphatic rings. The molecule has 7 nitrogen and oxygen atoms in total. The molecule has 1 atom stereocenters. The number of imide groups is 2. The fraction of sp³-hybridized carbons (Fsp3) is 0.138. The zero-order valence-electron chi connectivity index (χ0n) is 20.1. The second kappa shape index (κ2) is 10.3. The van der Waals surface area contributed by atoms with E-state index in [1.807, 2.05) is 60.8 Å². The zero-order chi connectivity index (χ0) is 25.9. The van der Waals surface area contributed by atoms with Gasteiger partial charge in [0.1, 0.15) is 11.3 Å². The molecule has 37 heavy (non-hydrogen) atoms. The SMILES string of the molecule is C[C@H](COc1ccccc1)Cn1cc(/C=C2/C(=O)NC(=O)N(c3ccc(Cl)cc3)C2=O)c2ccccc21. The lowest BCUT2D eigenvalue weighted by molar-refractivity contribution is -0.122. The van der Waals surface area contributed by atoms with Gasteiger partial charge >= 0.3 is 6.03 Å². The van der Waals surface area contributed by atoms with E-state index in [-0.39, 0.29) is 11.5 Å². The van der Waals surface area contributed by atoms with Gasteiger partial charge < -0.3 is 9.30 Å². The lowest BCUT2D eigenvalue weighted by Crippen LogP contribution is -2.54. The molecule has 0 aliphatic carbocycles. The summed E-state index contributed by atoms with van der Waals surface area (Å²) in [7, 11) is 0. The van der Waals surface area contributed by atoms with Crippen molar-refractivity contribution in [3.8, 4) is 5.75 Å². The topological polar surface area (TPSA) is 80.6 Å². The van der Waals surface area contributed by atoms with Crippen LogP contribution < -0.4 is 15.0 Å². The van der Waals surface area contributed by atoms with Crippen LogP contribution in [0.2, 0.25) is 5.02 Å². The minimum atomic E-state index is -0.802. The maximum absolute atomic E-state index is 13.3. The van der Waals surface area contributed by atoms with E-state index in [1.54, 1.807) is 24.3 Å². The Bertz CT molecular complexity index is 1510. The van der Waals surface area contributed by atoms with Crippen LogP contribution in [-0.2, 0) is 16.1 Å². The minimum Gasteiger partial charge on any atom is -0.493 e. The number of carbonyl (C=O) groups excluding carboxylic acids is 3. The third kappa shape index (κ3) is 5.13. The van der Waals surface area contributed by atoms with Crippen LogP contribution in [0, 0.1) is 5.92 Å². The van der Waals surface area contributed by atoms with Crippen molar-refractivity contribution in [2.75, 3.05) is 11.5 Å². The second-order valence-corrected chi connectivity index (χ2v) is 9.35. The van der Waals surface area contributed by atoms with Crippen LogP contribution in [0.4, 0.5) is 10.5 Å². The third-order valence-corrected chi connectivity index (χ3v) is 6.34. The van der Waals surface area contributed by atoms with Gasteiger partial charge in [-0.25, -0.2) is 9.69 Å². The maximum Gasteiger partial charge on any atom is 0.335 e. The van der Waals surface area contributed by atoms with Crippen LogP contribution in [0.5, 0.6) is 5.75 Å². The first-order valence-electron chi connectivity index (χ1n) is 11.8. The number of fused-ring (bicyclic) bond motifs is 1. The number of amides is 4. The van der Waals surface area contributed by atoms with Gasteiger partial charge in [-0.3, -0.25) is 14.9 Å². The highest BCUT2D eigenvalue weighted by Gasteiger charge is 2.37. The molecule has 0 spiro atoms. The summed E-state index contributed by atoms with van der Waals surface area (Å²) in [5.74, 6) is -0.424. The van der Waals surface area contributed by atoms with E-state index in [0.29, 0.717) is 29.4 Å². The molecule has 0 bridgehead atoms. The second-order valence-electron chi connectivity index (χ2n) is 8.92. The number of barbiturate groups is 1. The molecule has 4 amide bonds. The number of aromatic nitrogens is 1. The molecule has 0 saturated carbocycles. The molecule has 8 heteroatoms. The average Bonchev–Trinajstić information content (AvgIpc) is 3.24. The first kappa shape index (κ1) is 24.3. The van der Waals surface area contributed by atoms with Gasteiger partial charge in [0.25, 0.3) is 11.8 Å². The summed E-state index contributed by atoms with van der Waals surface area (Å²) in [6.45, 7) is 3.31. The number of benzene rings is 3. The molecule has 0 unspecified atom stereocenters. The van der Waals surface area contributed by atoms with Crippen molar-refractivity contribution in [3.63, 3.8) is 0 Å². The number of hydrogen-bond donors (Lipinski definition) is 1. The summed E-state index contributed by atoms with van der Waals surface area (Å²) in [6, 6.07) is 22.9. The van der Waals surface area contributed by atoms with E-state index in [0.717, 1.165) is 21.6 Å². The monoisotopic (exact) mass is 513 g/mol. The molecule has 1 N–H and O–H groups in total. The predicted molar refractivity (Wildman–Crippen MR) is 143 cm³/mol. The van der Waals surface area contributed by atoms with Gasteiger partial charge in [0.05, 0.1) is 12.3 Å². The molecule has 3 aromatic carbocycles. The highest BCUT2D eigenvalue weighted by Crippen LogP contribution is 2.28. The van der Waals surface area contributed by atoms with E-state index in [4.69, 9.17) is 16.3 Å². The highest BCUT2D eigenvalue weighted by molar-refractivity contribution is 6.39. The van der Waals surface area contributed by atoms with Crippen LogP contribution in [-0.4, -0.2) is 29.0 Å². The molecular formula is C29H24ClN3O4. The Morgan fingerprint density at radius 2 is 1.65 bits per heavy atom. The van der Waals surface area contributed by atoms with Gasteiger partial charge in [-0.05, 0) is 48.5 Å². The number of carbonyl (C=O) groups is 3. The molecule has 2 heterocycles. The van der Waals surface area contributed by atoms with Crippen LogP contribution in [0.25, 0.3) is 17.0 Å². The van der Waals surface area contributed by atoms with E-state index in [2.05, 4.69) is 16.8 Å². The van der Waals surface area contributed by atoms with Crippen LogP contribution in [0.1, 0.15) is 12.5 Å². The number of para-hydroxylation sites is 2. The Kier molecular flexibility index (Phi) is 6.79. The Hall–Kier alpha value is -4.36. The Morgan fingerprint density at radius 1 is 0.946 bits per heavy atom. The van der Waals surface area contributed by atoms with Gasteiger partial charge in [0, 0.05) is 40.1 Å². The van der Waals surface area contributed by atoms with Crippen molar-refractivity contribution in [3.05, 3.63) is 101 Å². The van der Waals surface area contributed by atoms with Crippen molar-refractivity contribution in [2.24, 2.45) is 5.92 Å². The normalized spacial score (nSPS) is 15.8. The fourth-order valence-corrected chi connectivity index (χ4v) is 4.45. The predicted octanol–water partition coefficient (Wildman–Crippen LogP) is 5.68. The molecular weight excluding hydrogens is 490 g/mol. The van der Waals surface area contributed by atoms with Gasteiger partial charge in [0.15, 0.2) is 0 Å². The fourth-order valence-electron chi connectivity index (χ4n) is 4.32. The smallest absolute Gasteiger partial charge is 0.335 e. The molecule has 1 fully saturated rings. The van der Waals surface area contributed by atoms with E-state index in [9.17, 15) is 14.4 Å². The number of nitrogens with zero attached hydrogens (tertiary/aromatic N) is 2. The summed E-state index contributed by atoms with van der Waals surface area (Å²) < 4.78 is 8.00. The first-order valence-corrected chi connectivity index (χ1v) is 12.2. The Balaban J connectivity index is 1.43. The standard InChI is InChI=1S/C29H24ClN3O4/c1-19(18-37-23-7-3-2-4-8-23)16-32-17-20(24-9-5-6-10-26(24)32)15-25-27(34)31-29(36)33(28(25)35)22-13-11-21(30)12-14-22/h2-15,17,19H,16,18H2,1H3,(H,31,34,36)/b25-15-/t19-/m0/s1. The van der Waals surface area contributed by atoms with Crippen molar-refractivity contribution in [2.45, 2.75) is 13.5 Å². The largest absolute Gasteiger partial charge is 0.493 e. The zero-order valence-corrected chi connectivity index (χ0v) is 20.8. The van der Waals surface area contributed by atoms with Gasteiger partial charge in [-0.15, -0.1) is 0 Å². The number of halogens is 1. The average molecular weight is 514 g/mol. The van der Waals surface area contributed by atoms with Crippen molar-refractivity contribution >= 4 is 52.1 Å². The number of hydrogen-bond acceptors (Lipinski definition) is 4. The summed E-state index contributed by atoms with van der Waals surface area (Å²) in [5.41, 5.74) is 1.86. The molecule has 1 aliphatic heterocycles. The summed E-state index contributed by atoms with van der Waals surface area (Å²) in [4.78, 5) is 39.4. The molecule has 5 rings (SSSR count). The van der Waals surface area contributed by atoms with Gasteiger partial charge in [-0.2, -0.15) is 0 Å². The number of urea groups is 1. The maximum atomic E-state index is 13.3. The van der Waals surface area contributed by atoms with Crippen LogP contribution >= 0.6 is 11.6 Å². The van der Waals surface area contributed by atoms with Crippen molar-refractivity contribution in [1.82, 2.24) is 9.88 Å². The van der Waals surface area contributed by atoms with E-state index in [1.165, 1.54) is 6.08 Å². The van der Waals surface area contributed by atoms with Crippen molar-refractivity contribution < 1.29 is 19.1 Å². The Morgan fingerprint density at radius 3 is 2.41 bits per heavy atom. The first-order chi connectivity index (χ1) is 17.9. The van der Waals surface area contributed by atoms with Crippen LogP contribution in [0.3, 0.4) is 0 Å². The quantitative estimate of drug-likeness (QED) is 0.255. The molecule has 1 aromatic heterocycles. The Labute approximate surface area is 218 Å². The minimum absolute atomic E-state index is 0.127. The lowest BCUT2D eigenvalue weighted by Gasteiger charge is -2.26. The number of ether oxygens (including phenoxy) is 1. The van der Waals surface area contributed by atoms with Crippen LogP contribution in [0.15, 0.2) is 90.6 Å².